The zero-order valence-corrected chi connectivity index (χ0v) is 23.0. The summed E-state index contributed by atoms with van der Waals surface area (Å²) >= 11 is 0. The van der Waals surface area contributed by atoms with Crippen molar-refractivity contribution >= 4 is 23.2 Å². The number of carbonyl (C=O) groups is 2. The van der Waals surface area contributed by atoms with E-state index in [0.29, 0.717) is 48.3 Å². The number of hydrogen-bond acceptors (Lipinski definition) is 8. The van der Waals surface area contributed by atoms with Gasteiger partial charge in [-0.1, -0.05) is 0 Å². The minimum Gasteiger partial charge on any atom is -0.446 e. The van der Waals surface area contributed by atoms with Crippen LogP contribution in [0.5, 0.6) is 0 Å². The van der Waals surface area contributed by atoms with Gasteiger partial charge in [0.1, 0.15) is 18.3 Å². The second kappa shape index (κ2) is 11.9. The number of anilines is 1. The van der Waals surface area contributed by atoms with E-state index in [4.69, 9.17) is 4.74 Å². The van der Waals surface area contributed by atoms with Crippen molar-refractivity contribution in [3.8, 4) is 17.5 Å². The van der Waals surface area contributed by atoms with Crippen molar-refractivity contribution in [3.05, 3.63) is 47.8 Å². The zero-order chi connectivity index (χ0) is 29.0. The molecule has 0 aliphatic heterocycles. The van der Waals surface area contributed by atoms with Gasteiger partial charge in [0, 0.05) is 26.3 Å². The fourth-order valence-electron chi connectivity index (χ4n) is 4.47. The SMILES string of the molecule is CN(C)C(=O)O[C@H]1CC[C@@H](Nc2cc(-c3ccc4cc(C#N)cnn34)ncc2C(=O)NC[C@@H](F)C(C)(C)O)CC1. The molecule has 1 aliphatic carbocycles. The number of nitrogens with zero attached hydrogens (tertiary/aromatic N) is 5. The van der Waals surface area contributed by atoms with Crippen LogP contribution in [0.3, 0.4) is 0 Å². The summed E-state index contributed by atoms with van der Waals surface area (Å²) in [6, 6.07) is 9.20. The average Bonchev–Trinajstić information content (AvgIpc) is 3.35. The van der Waals surface area contributed by atoms with E-state index >= 15 is 0 Å². The molecule has 3 N–H and O–H groups in total. The van der Waals surface area contributed by atoms with Crippen LogP contribution in [0.25, 0.3) is 16.9 Å². The predicted octanol–water partition coefficient (Wildman–Crippen LogP) is 3.53. The van der Waals surface area contributed by atoms with Crippen LogP contribution in [0.15, 0.2) is 36.7 Å². The van der Waals surface area contributed by atoms with Gasteiger partial charge < -0.3 is 25.4 Å². The summed E-state index contributed by atoms with van der Waals surface area (Å²) in [5, 5.41) is 29.4. The van der Waals surface area contributed by atoms with Crippen LogP contribution < -0.4 is 10.6 Å². The third-order valence-electron chi connectivity index (χ3n) is 6.92. The maximum Gasteiger partial charge on any atom is 0.409 e. The van der Waals surface area contributed by atoms with Crippen molar-refractivity contribution in [2.45, 2.75) is 63.4 Å². The van der Waals surface area contributed by atoms with Crippen LogP contribution >= 0.6 is 0 Å². The first-order chi connectivity index (χ1) is 19.0. The van der Waals surface area contributed by atoms with Gasteiger partial charge in [-0.3, -0.25) is 9.78 Å². The highest BCUT2D eigenvalue weighted by molar-refractivity contribution is 6.00. The summed E-state index contributed by atoms with van der Waals surface area (Å²) in [7, 11) is 3.28. The highest BCUT2D eigenvalue weighted by Crippen LogP contribution is 2.29. The molecule has 3 aromatic rings. The summed E-state index contributed by atoms with van der Waals surface area (Å²) in [5.74, 6) is -0.529. The number of halogens is 1. The monoisotopic (exact) mass is 551 g/mol. The van der Waals surface area contributed by atoms with E-state index < -0.39 is 17.7 Å². The van der Waals surface area contributed by atoms with E-state index in [1.807, 2.05) is 12.1 Å². The molecule has 2 amide bonds. The summed E-state index contributed by atoms with van der Waals surface area (Å²) in [4.78, 5) is 30.9. The van der Waals surface area contributed by atoms with E-state index in [1.54, 1.807) is 30.7 Å². The van der Waals surface area contributed by atoms with Crippen LogP contribution in [0, 0.1) is 11.3 Å². The number of aromatic nitrogens is 3. The minimum absolute atomic E-state index is 0.00165. The quantitative estimate of drug-likeness (QED) is 0.386. The van der Waals surface area contributed by atoms with E-state index in [1.165, 1.54) is 31.1 Å². The lowest BCUT2D eigenvalue weighted by atomic mass is 9.92. The van der Waals surface area contributed by atoms with Gasteiger partial charge in [-0.05, 0) is 63.8 Å². The average molecular weight is 552 g/mol. The third-order valence-corrected chi connectivity index (χ3v) is 6.92. The topological polar surface area (TPSA) is 145 Å². The van der Waals surface area contributed by atoms with Gasteiger partial charge in [0.15, 0.2) is 0 Å². The highest BCUT2D eigenvalue weighted by Gasteiger charge is 2.29. The molecular formula is C28H34FN7O4. The molecule has 0 radical (unpaired) electrons. The van der Waals surface area contributed by atoms with E-state index in [9.17, 15) is 24.3 Å². The lowest BCUT2D eigenvalue weighted by Gasteiger charge is -2.30. The van der Waals surface area contributed by atoms with Crippen LogP contribution in [0.2, 0.25) is 0 Å². The molecular weight excluding hydrogens is 517 g/mol. The normalized spacial score (nSPS) is 18.0. The number of carbonyl (C=O) groups excluding carboxylic acids is 2. The lowest BCUT2D eigenvalue weighted by Crippen LogP contribution is -2.42. The van der Waals surface area contributed by atoms with Gasteiger partial charge in [-0.15, -0.1) is 0 Å². The summed E-state index contributed by atoms with van der Waals surface area (Å²) in [5.41, 5.74) is 1.51. The Morgan fingerprint density at radius 2 is 1.98 bits per heavy atom. The van der Waals surface area contributed by atoms with Gasteiger partial charge in [-0.25, -0.2) is 13.7 Å². The Labute approximate surface area is 231 Å². The molecule has 4 rings (SSSR count). The maximum atomic E-state index is 14.3. The molecule has 0 bridgehead atoms. The number of nitrogens with one attached hydrogen (secondary N) is 2. The molecule has 0 unspecified atom stereocenters. The van der Waals surface area contributed by atoms with Crippen molar-refractivity contribution in [2.75, 3.05) is 26.0 Å². The van der Waals surface area contributed by atoms with Gasteiger partial charge >= 0.3 is 6.09 Å². The number of fused-ring (bicyclic) bond motifs is 1. The third kappa shape index (κ3) is 6.66. The number of nitriles is 1. The van der Waals surface area contributed by atoms with Crippen molar-refractivity contribution in [1.29, 1.82) is 5.26 Å². The summed E-state index contributed by atoms with van der Waals surface area (Å²) < 4.78 is 21.5. The molecule has 1 saturated carbocycles. The molecule has 1 atom stereocenters. The molecule has 11 nitrogen and oxygen atoms in total. The fourth-order valence-corrected chi connectivity index (χ4v) is 4.47. The van der Waals surface area contributed by atoms with E-state index in [0.717, 1.165) is 5.52 Å². The van der Waals surface area contributed by atoms with Crippen molar-refractivity contribution in [2.24, 2.45) is 0 Å². The number of pyridine rings is 1. The predicted molar refractivity (Wildman–Crippen MR) is 146 cm³/mol. The Kier molecular flexibility index (Phi) is 8.54. The molecule has 0 saturated heterocycles. The first-order valence-electron chi connectivity index (χ1n) is 13.1. The summed E-state index contributed by atoms with van der Waals surface area (Å²) in [6.45, 7) is 2.32. The Bertz CT molecular complexity index is 1420. The number of ether oxygens (including phenoxy) is 1. The standard InChI is InChI=1S/C28H34FN7O4/c1-28(2,39)25(29)16-32-26(37)21-15-31-23(24-10-7-19-11-17(13-30)14-33-36(19)24)12-22(21)34-18-5-8-20(9-6-18)40-27(38)35(3)4/h7,10-12,14-15,18,20,25,39H,5-6,8-9,16H2,1-4H3,(H,31,34)(H,32,37)/t18-,20+,25-/m1/s1. The van der Waals surface area contributed by atoms with Crippen molar-refractivity contribution in [1.82, 2.24) is 24.8 Å². The van der Waals surface area contributed by atoms with Crippen molar-refractivity contribution < 1.29 is 23.8 Å². The highest BCUT2D eigenvalue weighted by atomic mass is 19.1. The Balaban J connectivity index is 1.58. The maximum absolute atomic E-state index is 14.3. The van der Waals surface area contributed by atoms with Gasteiger partial charge in [0.2, 0.25) is 0 Å². The Morgan fingerprint density at radius 3 is 2.62 bits per heavy atom. The molecule has 40 heavy (non-hydrogen) atoms. The number of rotatable bonds is 8. The second-order valence-electron chi connectivity index (χ2n) is 10.8. The molecule has 1 aliphatic rings. The first kappa shape index (κ1) is 28.8. The van der Waals surface area contributed by atoms with E-state index in [2.05, 4.69) is 26.8 Å². The first-order valence-corrected chi connectivity index (χ1v) is 13.1. The Hall–Kier alpha value is -4.24. The van der Waals surface area contributed by atoms with Gasteiger partial charge in [0.25, 0.3) is 5.91 Å². The number of hydrogen-bond donors (Lipinski definition) is 3. The minimum atomic E-state index is -1.66. The number of aliphatic hydroxyl groups is 1. The summed E-state index contributed by atoms with van der Waals surface area (Å²) in [6.07, 6.45) is 3.44. The van der Waals surface area contributed by atoms with Gasteiger partial charge in [-0.2, -0.15) is 10.4 Å². The Morgan fingerprint density at radius 1 is 1.25 bits per heavy atom. The largest absolute Gasteiger partial charge is 0.446 e. The smallest absolute Gasteiger partial charge is 0.409 e. The van der Waals surface area contributed by atoms with Gasteiger partial charge in [0.05, 0.1) is 52.1 Å². The van der Waals surface area contributed by atoms with Crippen LogP contribution in [-0.2, 0) is 4.74 Å². The molecule has 3 aromatic heterocycles. The van der Waals surface area contributed by atoms with E-state index in [-0.39, 0.29) is 30.3 Å². The van der Waals surface area contributed by atoms with Crippen LogP contribution in [-0.4, -0.2) is 81.2 Å². The second-order valence-corrected chi connectivity index (χ2v) is 10.8. The van der Waals surface area contributed by atoms with Crippen molar-refractivity contribution in [3.63, 3.8) is 0 Å². The fraction of sp³-hybridized carbons (Fsp3) is 0.464. The zero-order valence-electron chi connectivity index (χ0n) is 23.0. The molecule has 0 spiro atoms. The number of amides is 2. The molecule has 12 heteroatoms. The number of alkyl halides is 1. The molecule has 0 aromatic carbocycles. The van der Waals surface area contributed by atoms with Crippen LogP contribution in [0.1, 0.15) is 55.5 Å². The van der Waals surface area contributed by atoms with Crippen LogP contribution in [0.4, 0.5) is 14.9 Å². The molecule has 1 fully saturated rings. The molecule has 212 valence electrons. The molecule has 3 heterocycles. The lowest BCUT2D eigenvalue weighted by molar-refractivity contribution is -0.00178.